The highest BCUT2D eigenvalue weighted by molar-refractivity contribution is 5.97. The molecular weight excluding hydrogens is 332 g/mol. The highest BCUT2D eigenvalue weighted by Crippen LogP contribution is 2.25. The Hall–Kier alpha value is -2.38. The van der Waals surface area contributed by atoms with Crippen LogP contribution in [0.3, 0.4) is 0 Å². The molecule has 1 aliphatic heterocycles. The topological polar surface area (TPSA) is 59.8 Å². The van der Waals surface area contributed by atoms with Crippen LogP contribution in [-0.2, 0) is 22.6 Å². The number of imidazole rings is 1. The van der Waals surface area contributed by atoms with E-state index in [0.717, 1.165) is 30.2 Å². The number of ether oxygens (including phenoxy) is 2. The third-order valence-corrected chi connectivity index (χ3v) is 4.85. The normalized spacial score (nSPS) is 18.3. The third-order valence-electron chi connectivity index (χ3n) is 4.85. The van der Waals surface area contributed by atoms with Gasteiger partial charge in [0.1, 0.15) is 5.75 Å². The molecule has 0 spiro atoms. The van der Waals surface area contributed by atoms with Gasteiger partial charge in [-0.15, -0.1) is 0 Å². The summed E-state index contributed by atoms with van der Waals surface area (Å²) in [6.45, 7) is 5.52. The first-order chi connectivity index (χ1) is 12.6. The van der Waals surface area contributed by atoms with Gasteiger partial charge in [-0.3, -0.25) is 9.69 Å². The van der Waals surface area contributed by atoms with Gasteiger partial charge in [-0.2, -0.15) is 0 Å². The number of methoxy groups -OCH3 is 2. The molecule has 2 heterocycles. The van der Waals surface area contributed by atoms with E-state index in [1.54, 1.807) is 14.2 Å². The van der Waals surface area contributed by atoms with E-state index in [2.05, 4.69) is 14.5 Å². The van der Waals surface area contributed by atoms with Crippen molar-refractivity contribution in [2.45, 2.75) is 26.1 Å². The molecule has 1 aromatic carbocycles. The van der Waals surface area contributed by atoms with E-state index in [4.69, 9.17) is 9.47 Å². The summed E-state index contributed by atoms with van der Waals surface area (Å²) in [5.74, 6) is 0.861. The van der Waals surface area contributed by atoms with Crippen LogP contribution in [0.5, 0.6) is 5.75 Å². The Kier molecular flexibility index (Phi) is 5.90. The number of hydrogen-bond donors (Lipinski definition) is 0. The predicted octanol–water partition coefficient (Wildman–Crippen LogP) is 1.78. The van der Waals surface area contributed by atoms with Gasteiger partial charge in [0.15, 0.2) is 0 Å². The lowest BCUT2D eigenvalue weighted by atomic mass is 10.1. The molecule has 1 saturated heterocycles. The van der Waals surface area contributed by atoms with Gasteiger partial charge in [-0.1, -0.05) is 6.07 Å². The summed E-state index contributed by atoms with van der Waals surface area (Å²) in [5, 5.41) is 0. The molecule has 7 nitrogen and oxygen atoms in total. The quantitative estimate of drug-likeness (QED) is 0.755. The molecule has 0 saturated carbocycles. The van der Waals surface area contributed by atoms with E-state index in [0.29, 0.717) is 19.7 Å². The summed E-state index contributed by atoms with van der Waals surface area (Å²) >= 11 is 0. The first-order valence-electron chi connectivity index (χ1n) is 8.81. The molecule has 26 heavy (non-hydrogen) atoms. The number of piperazine rings is 1. The van der Waals surface area contributed by atoms with Crippen molar-refractivity contribution in [3.63, 3.8) is 0 Å². The Balaban J connectivity index is 1.69. The van der Waals surface area contributed by atoms with Crippen LogP contribution in [0.4, 0.5) is 5.69 Å². The van der Waals surface area contributed by atoms with Gasteiger partial charge in [-0.05, 0) is 19.1 Å². The average molecular weight is 358 g/mol. The number of anilines is 1. The number of benzene rings is 1. The summed E-state index contributed by atoms with van der Waals surface area (Å²) in [7, 11) is 3.32. The fourth-order valence-corrected chi connectivity index (χ4v) is 3.24. The SMILES string of the molecule is COCCn1cncc1CN1CCN(c2cccc(OC)c2)C(=O)[C@H]1C. The molecule has 0 bridgehead atoms. The van der Waals surface area contributed by atoms with Crippen molar-refractivity contribution >= 4 is 11.6 Å². The second-order valence-electron chi connectivity index (χ2n) is 6.41. The maximum absolute atomic E-state index is 12.9. The minimum Gasteiger partial charge on any atom is -0.497 e. The number of aromatic nitrogens is 2. The number of rotatable bonds is 7. The fraction of sp³-hybridized carbons (Fsp3) is 0.474. The largest absolute Gasteiger partial charge is 0.497 e. The Morgan fingerprint density at radius 1 is 1.27 bits per heavy atom. The second-order valence-corrected chi connectivity index (χ2v) is 6.41. The zero-order chi connectivity index (χ0) is 18.5. The lowest BCUT2D eigenvalue weighted by molar-refractivity contribution is -0.125. The number of amides is 1. The number of carbonyl (C=O) groups excluding carboxylic acids is 1. The summed E-state index contributed by atoms with van der Waals surface area (Å²) < 4.78 is 12.5. The molecule has 1 atom stereocenters. The van der Waals surface area contributed by atoms with E-state index in [1.807, 2.05) is 48.6 Å². The van der Waals surface area contributed by atoms with Gasteiger partial charge in [0.05, 0.1) is 31.8 Å². The lowest BCUT2D eigenvalue weighted by Crippen LogP contribution is -2.55. The average Bonchev–Trinajstić information content (AvgIpc) is 3.11. The Morgan fingerprint density at radius 2 is 2.12 bits per heavy atom. The first kappa shape index (κ1) is 18.4. The van der Waals surface area contributed by atoms with Crippen molar-refractivity contribution in [3.05, 3.63) is 42.5 Å². The zero-order valence-corrected chi connectivity index (χ0v) is 15.6. The minimum absolute atomic E-state index is 0.104. The smallest absolute Gasteiger partial charge is 0.244 e. The lowest BCUT2D eigenvalue weighted by Gasteiger charge is -2.39. The van der Waals surface area contributed by atoms with Crippen LogP contribution in [0.15, 0.2) is 36.8 Å². The van der Waals surface area contributed by atoms with Crippen molar-refractivity contribution in [1.29, 1.82) is 0 Å². The molecule has 140 valence electrons. The van der Waals surface area contributed by atoms with E-state index in [1.165, 1.54) is 0 Å². The Labute approximate surface area is 154 Å². The highest BCUT2D eigenvalue weighted by Gasteiger charge is 2.32. The van der Waals surface area contributed by atoms with Gasteiger partial charge in [0.2, 0.25) is 5.91 Å². The molecule has 1 aliphatic rings. The first-order valence-corrected chi connectivity index (χ1v) is 8.81. The van der Waals surface area contributed by atoms with E-state index in [9.17, 15) is 4.79 Å². The molecule has 1 aromatic heterocycles. The van der Waals surface area contributed by atoms with Crippen molar-refractivity contribution in [1.82, 2.24) is 14.5 Å². The van der Waals surface area contributed by atoms with Gasteiger partial charge in [0.25, 0.3) is 0 Å². The predicted molar refractivity (Wildman–Crippen MR) is 99.3 cm³/mol. The van der Waals surface area contributed by atoms with Crippen LogP contribution in [0.25, 0.3) is 0 Å². The van der Waals surface area contributed by atoms with Crippen LogP contribution >= 0.6 is 0 Å². The summed E-state index contributed by atoms with van der Waals surface area (Å²) in [6.07, 6.45) is 3.68. The second kappa shape index (κ2) is 8.33. The number of carbonyl (C=O) groups is 1. The van der Waals surface area contributed by atoms with E-state index < -0.39 is 0 Å². The Bertz CT molecular complexity index is 746. The van der Waals surface area contributed by atoms with Crippen LogP contribution in [0.2, 0.25) is 0 Å². The zero-order valence-electron chi connectivity index (χ0n) is 15.6. The third kappa shape index (κ3) is 3.89. The fourth-order valence-electron chi connectivity index (χ4n) is 3.24. The highest BCUT2D eigenvalue weighted by atomic mass is 16.5. The molecular formula is C19H26N4O3. The molecule has 3 rings (SSSR count). The maximum Gasteiger partial charge on any atom is 0.244 e. The van der Waals surface area contributed by atoms with Crippen molar-refractivity contribution in [3.8, 4) is 5.75 Å². The van der Waals surface area contributed by atoms with E-state index in [-0.39, 0.29) is 11.9 Å². The maximum atomic E-state index is 12.9. The molecule has 1 fully saturated rings. The molecule has 0 N–H and O–H groups in total. The van der Waals surface area contributed by atoms with Gasteiger partial charge >= 0.3 is 0 Å². The minimum atomic E-state index is -0.194. The van der Waals surface area contributed by atoms with Crippen molar-refractivity contribution in [2.24, 2.45) is 0 Å². The number of hydrogen-bond acceptors (Lipinski definition) is 5. The monoisotopic (exact) mass is 358 g/mol. The Morgan fingerprint density at radius 3 is 2.88 bits per heavy atom. The molecule has 0 radical (unpaired) electrons. The van der Waals surface area contributed by atoms with Crippen LogP contribution in [-0.4, -0.2) is 60.3 Å². The molecule has 7 heteroatoms. The summed E-state index contributed by atoms with van der Waals surface area (Å²) in [5.41, 5.74) is 1.97. The molecule has 0 aliphatic carbocycles. The molecule has 1 amide bonds. The van der Waals surface area contributed by atoms with Gasteiger partial charge in [-0.25, -0.2) is 4.98 Å². The van der Waals surface area contributed by atoms with Gasteiger partial charge < -0.3 is 18.9 Å². The van der Waals surface area contributed by atoms with Crippen molar-refractivity contribution in [2.75, 3.05) is 38.8 Å². The van der Waals surface area contributed by atoms with Gasteiger partial charge in [0, 0.05) is 51.2 Å². The van der Waals surface area contributed by atoms with Crippen LogP contribution in [0, 0.1) is 0 Å². The standard InChI is InChI=1S/C19H26N4O3/c1-15-19(24)23(16-5-4-6-18(11-16)26-3)8-7-21(15)13-17-12-20-14-22(17)9-10-25-2/h4-6,11-12,14-15H,7-10,13H2,1-3H3/t15-/m1/s1. The molecule has 0 unspecified atom stereocenters. The van der Waals surface area contributed by atoms with Crippen LogP contribution in [0.1, 0.15) is 12.6 Å². The van der Waals surface area contributed by atoms with E-state index >= 15 is 0 Å². The van der Waals surface area contributed by atoms with Crippen molar-refractivity contribution < 1.29 is 14.3 Å². The molecule has 2 aromatic rings. The number of nitrogens with zero attached hydrogens (tertiary/aromatic N) is 4. The summed E-state index contributed by atoms with van der Waals surface area (Å²) in [6, 6.07) is 7.45. The summed E-state index contributed by atoms with van der Waals surface area (Å²) in [4.78, 5) is 21.2. The van der Waals surface area contributed by atoms with Crippen LogP contribution < -0.4 is 9.64 Å².